The number of hydrogen-bond acceptors (Lipinski definition) is 7. The summed E-state index contributed by atoms with van der Waals surface area (Å²) in [5, 5.41) is 15.5. The largest absolute Gasteiger partial charge is 0.508 e. The third-order valence-corrected chi connectivity index (χ3v) is 4.43. The van der Waals surface area contributed by atoms with Crippen LogP contribution in [0.3, 0.4) is 0 Å². The van der Waals surface area contributed by atoms with E-state index in [-0.39, 0.29) is 17.5 Å². The van der Waals surface area contributed by atoms with Gasteiger partial charge in [0.15, 0.2) is 5.82 Å². The highest BCUT2D eigenvalue weighted by atomic mass is 35.6. The van der Waals surface area contributed by atoms with Crippen LogP contribution in [0.15, 0.2) is 24.3 Å². The van der Waals surface area contributed by atoms with Gasteiger partial charge in [-0.3, -0.25) is 0 Å². The van der Waals surface area contributed by atoms with Gasteiger partial charge in [-0.2, -0.15) is 15.0 Å². The maximum Gasteiger partial charge on any atom is 0.250 e. The predicted octanol–water partition coefficient (Wildman–Crippen LogP) is 3.66. The molecule has 3 rings (SSSR count). The van der Waals surface area contributed by atoms with E-state index in [1.807, 2.05) is 0 Å². The highest BCUT2D eigenvalue weighted by Gasteiger charge is 2.28. The van der Waals surface area contributed by atoms with E-state index in [9.17, 15) is 5.11 Å². The van der Waals surface area contributed by atoms with E-state index >= 15 is 0 Å². The zero-order chi connectivity index (χ0) is 18.6. The zero-order valence-electron chi connectivity index (χ0n) is 13.9. The molecule has 0 spiro atoms. The predicted molar refractivity (Wildman–Crippen MR) is 105 cm³/mol. The van der Waals surface area contributed by atoms with Gasteiger partial charge in [0.05, 0.1) is 0 Å². The van der Waals surface area contributed by atoms with Crippen LogP contribution in [-0.4, -0.2) is 51.1 Å². The molecular formula is C16H19Cl3N6O. The van der Waals surface area contributed by atoms with Gasteiger partial charge >= 0.3 is 0 Å². The zero-order valence-corrected chi connectivity index (χ0v) is 16.2. The van der Waals surface area contributed by atoms with Crippen LogP contribution in [0.5, 0.6) is 5.75 Å². The van der Waals surface area contributed by atoms with Crippen molar-refractivity contribution in [2.75, 3.05) is 36.8 Å². The highest BCUT2D eigenvalue weighted by Crippen LogP contribution is 2.36. The van der Waals surface area contributed by atoms with Crippen LogP contribution in [0, 0.1) is 0 Å². The fourth-order valence-electron chi connectivity index (χ4n) is 2.64. The molecule has 0 bridgehead atoms. The number of nitrogens with one attached hydrogen (secondary N) is 2. The van der Waals surface area contributed by atoms with Crippen molar-refractivity contribution < 1.29 is 5.11 Å². The summed E-state index contributed by atoms with van der Waals surface area (Å²) in [5.41, 5.74) is 0.687. The molecule has 1 aliphatic rings. The number of nitrogens with zero attached hydrogens (tertiary/aromatic N) is 4. The third-order valence-electron chi connectivity index (χ3n) is 3.92. The van der Waals surface area contributed by atoms with E-state index in [4.69, 9.17) is 34.8 Å². The molecule has 0 aliphatic carbocycles. The van der Waals surface area contributed by atoms with E-state index < -0.39 is 3.79 Å². The number of aromatic nitrogens is 3. The van der Waals surface area contributed by atoms with E-state index in [2.05, 4.69) is 30.5 Å². The quantitative estimate of drug-likeness (QED) is 0.488. The van der Waals surface area contributed by atoms with Crippen LogP contribution in [0.1, 0.15) is 18.7 Å². The van der Waals surface area contributed by atoms with Gasteiger partial charge in [0.1, 0.15) is 5.75 Å². The molecule has 1 aromatic heterocycles. The molecule has 10 heteroatoms. The van der Waals surface area contributed by atoms with Gasteiger partial charge in [-0.15, -0.1) is 0 Å². The Bertz CT molecular complexity index is 732. The lowest BCUT2D eigenvalue weighted by molar-refractivity contribution is 0.352. The minimum Gasteiger partial charge on any atom is -0.508 e. The Hall–Kier alpha value is -1.54. The summed E-state index contributed by atoms with van der Waals surface area (Å²) < 4.78 is -1.76. The summed E-state index contributed by atoms with van der Waals surface area (Å²) in [6, 6.07) is 6.48. The number of rotatable bonds is 6. The maximum absolute atomic E-state index is 9.37. The van der Waals surface area contributed by atoms with Crippen molar-refractivity contribution in [1.29, 1.82) is 0 Å². The first kappa shape index (κ1) is 19.2. The Balaban J connectivity index is 1.73. The first-order chi connectivity index (χ1) is 12.4. The lowest BCUT2D eigenvalue weighted by Gasteiger charge is -2.16. The Kier molecular flexibility index (Phi) is 6.24. The highest BCUT2D eigenvalue weighted by molar-refractivity contribution is 6.66. The molecule has 1 saturated heterocycles. The molecule has 26 heavy (non-hydrogen) atoms. The molecule has 7 nitrogen and oxygen atoms in total. The van der Waals surface area contributed by atoms with Crippen molar-refractivity contribution >= 4 is 52.4 Å². The van der Waals surface area contributed by atoms with Gasteiger partial charge in [0.25, 0.3) is 0 Å². The SMILES string of the molecule is Oc1ccc(Nc2nc(NCCN3CCCC3)nc(C(Cl)(Cl)Cl)n2)cc1. The number of benzene rings is 1. The lowest BCUT2D eigenvalue weighted by Crippen LogP contribution is -2.26. The molecule has 2 aromatic rings. The first-order valence-electron chi connectivity index (χ1n) is 8.26. The molecule has 1 aromatic carbocycles. The van der Waals surface area contributed by atoms with Crippen LogP contribution in [0.2, 0.25) is 0 Å². The van der Waals surface area contributed by atoms with E-state index in [0.717, 1.165) is 19.6 Å². The van der Waals surface area contributed by atoms with Gasteiger partial charge in [0, 0.05) is 18.8 Å². The lowest BCUT2D eigenvalue weighted by atomic mass is 10.3. The second-order valence-corrected chi connectivity index (χ2v) is 8.23. The molecule has 0 unspecified atom stereocenters. The van der Waals surface area contributed by atoms with Crippen molar-refractivity contribution in [3.63, 3.8) is 0 Å². The van der Waals surface area contributed by atoms with Gasteiger partial charge < -0.3 is 20.6 Å². The van der Waals surface area contributed by atoms with Crippen molar-refractivity contribution in [3.8, 4) is 5.75 Å². The fourth-order valence-corrected chi connectivity index (χ4v) is 2.90. The van der Waals surface area contributed by atoms with Crippen molar-refractivity contribution in [1.82, 2.24) is 19.9 Å². The molecular weight excluding hydrogens is 399 g/mol. The minimum atomic E-state index is -1.76. The Morgan fingerprint density at radius 1 is 1.00 bits per heavy atom. The van der Waals surface area contributed by atoms with Gasteiger partial charge in [-0.05, 0) is 50.2 Å². The second kappa shape index (κ2) is 8.43. The number of alkyl halides is 3. The van der Waals surface area contributed by atoms with Crippen LogP contribution < -0.4 is 10.6 Å². The topological polar surface area (TPSA) is 86.2 Å². The van der Waals surface area contributed by atoms with Crippen LogP contribution in [-0.2, 0) is 3.79 Å². The molecule has 0 saturated carbocycles. The monoisotopic (exact) mass is 416 g/mol. The smallest absolute Gasteiger partial charge is 0.250 e. The number of anilines is 3. The molecule has 0 radical (unpaired) electrons. The number of phenols is 1. The molecule has 1 fully saturated rings. The molecule has 140 valence electrons. The molecule has 2 heterocycles. The molecule has 3 N–H and O–H groups in total. The molecule has 1 aliphatic heterocycles. The molecule has 0 amide bonds. The number of halogens is 3. The van der Waals surface area contributed by atoms with Gasteiger partial charge in [0.2, 0.25) is 15.7 Å². The fraction of sp³-hybridized carbons (Fsp3) is 0.438. The van der Waals surface area contributed by atoms with Gasteiger partial charge in [-0.1, -0.05) is 34.8 Å². The second-order valence-electron chi connectivity index (χ2n) is 5.95. The van der Waals surface area contributed by atoms with E-state index in [1.165, 1.54) is 12.8 Å². The van der Waals surface area contributed by atoms with E-state index in [1.54, 1.807) is 24.3 Å². The average molecular weight is 418 g/mol. The van der Waals surface area contributed by atoms with Crippen molar-refractivity contribution in [2.45, 2.75) is 16.6 Å². The number of aromatic hydroxyl groups is 1. The summed E-state index contributed by atoms with van der Waals surface area (Å²) in [6.07, 6.45) is 2.48. The van der Waals surface area contributed by atoms with Crippen LogP contribution in [0.25, 0.3) is 0 Å². The average Bonchev–Trinajstić information content (AvgIpc) is 3.09. The summed E-state index contributed by atoms with van der Waals surface area (Å²) in [7, 11) is 0. The van der Waals surface area contributed by atoms with Gasteiger partial charge in [-0.25, -0.2) is 0 Å². The Labute approximate surface area is 166 Å². The summed E-state index contributed by atoms with van der Waals surface area (Å²) >= 11 is 17.8. The van der Waals surface area contributed by atoms with Crippen molar-refractivity contribution in [3.05, 3.63) is 30.1 Å². The maximum atomic E-state index is 9.37. The van der Waals surface area contributed by atoms with Crippen LogP contribution >= 0.6 is 34.8 Å². The Morgan fingerprint density at radius 3 is 2.31 bits per heavy atom. The first-order valence-corrected chi connectivity index (χ1v) is 9.39. The standard InChI is InChI=1S/C16H19Cl3N6O/c17-16(18,19)13-22-14(20-7-10-25-8-1-2-9-25)24-15(23-13)21-11-3-5-12(26)6-4-11/h3-6,26H,1-2,7-10H2,(H2,20,21,22,23,24). The minimum absolute atomic E-state index is 0.0300. The van der Waals surface area contributed by atoms with Crippen molar-refractivity contribution in [2.24, 2.45) is 0 Å². The summed E-state index contributed by atoms with van der Waals surface area (Å²) in [5.74, 6) is 0.775. The number of likely N-dealkylation sites (tertiary alicyclic amines) is 1. The third kappa shape index (κ3) is 5.48. The Morgan fingerprint density at radius 2 is 1.65 bits per heavy atom. The van der Waals surface area contributed by atoms with E-state index in [0.29, 0.717) is 18.2 Å². The number of hydrogen-bond donors (Lipinski definition) is 3. The molecule has 0 atom stereocenters. The van der Waals surface area contributed by atoms with Crippen LogP contribution in [0.4, 0.5) is 17.6 Å². The normalized spacial score (nSPS) is 15.2. The number of phenolic OH excluding ortho intramolecular Hbond substituents is 1. The summed E-state index contributed by atoms with van der Waals surface area (Å²) in [4.78, 5) is 15.1. The summed E-state index contributed by atoms with van der Waals surface area (Å²) in [6.45, 7) is 3.81.